The van der Waals surface area contributed by atoms with Crippen molar-refractivity contribution < 1.29 is 19.1 Å². The van der Waals surface area contributed by atoms with Gasteiger partial charge in [0.15, 0.2) is 6.10 Å². The van der Waals surface area contributed by atoms with E-state index in [4.69, 9.17) is 9.47 Å². The maximum Gasteiger partial charge on any atom is 0.323 e. The van der Waals surface area contributed by atoms with Crippen LogP contribution in [0.1, 0.15) is 13.3 Å². The van der Waals surface area contributed by atoms with Gasteiger partial charge in [-0.1, -0.05) is 18.2 Å². The molecule has 8 heteroatoms. The highest BCUT2D eigenvalue weighted by molar-refractivity contribution is 5.96. The molecular formula is C19H19N3O5. The van der Waals surface area contributed by atoms with Crippen LogP contribution in [0.3, 0.4) is 0 Å². The number of para-hydroxylation sites is 1. The van der Waals surface area contributed by atoms with E-state index in [0.29, 0.717) is 22.5 Å². The molecule has 0 radical (unpaired) electrons. The predicted octanol–water partition coefficient (Wildman–Crippen LogP) is 2.20. The summed E-state index contributed by atoms with van der Waals surface area (Å²) in [4.78, 5) is 40.5. The van der Waals surface area contributed by atoms with Crippen LogP contribution in [0.25, 0.3) is 11.0 Å². The van der Waals surface area contributed by atoms with Crippen molar-refractivity contribution in [2.45, 2.75) is 19.4 Å². The number of rotatable bonds is 7. The average Bonchev–Trinajstić information content (AvgIpc) is 3.01. The molecule has 0 aliphatic carbocycles. The average molecular weight is 369 g/mol. The van der Waals surface area contributed by atoms with Crippen LogP contribution < -0.4 is 15.7 Å². The largest absolute Gasteiger partial charge is 0.493 e. The number of aromatic nitrogens is 2. The van der Waals surface area contributed by atoms with Crippen molar-refractivity contribution in [2.24, 2.45) is 0 Å². The van der Waals surface area contributed by atoms with Gasteiger partial charge in [-0.3, -0.25) is 9.59 Å². The first-order chi connectivity index (χ1) is 13.0. The van der Waals surface area contributed by atoms with Crippen LogP contribution in [0.2, 0.25) is 0 Å². The third kappa shape index (κ3) is 4.97. The highest BCUT2D eigenvalue weighted by Gasteiger charge is 2.18. The highest BCUT2D eigenvalue weighted by Crippen LogP contribution is 2.15. The zero-order valence-corrected chi connectivity index (χ0v) is 14.7. The number of carbonyl (C=O) groups is 2. The third-order valence-corrected chi connectivity index (χ3v) is 3.78. The summed E-state index contributed by atoms with van der Waals surface area (Å²) in [5.74, 6) is -0.335. The van der Waals surface area contributed by atoms with Gasteiger partial charge < -0.3 is 24.8 Å². The monoisotopic (exact) mass is 369 g/mol. The minimum absolute atomic E-state index is 0.0308. The van der Waals surface area contributed by atoms with Crippen LogP contribution in [0.15, 0.2) is 53.3 Å². The zero-order chi connectivity index (χ0) is 19.2. The van der Waals surface area contributed by atoms with Crippen molar-refractivity contribution in [1.29, 1.82) is 0 Å². The summed E-state index contributed by atoms with van der Waals surface area (Å²) in [7, 11) is 0. The molecule has 3 rings (SSSR count). The second-order valence-electron chi connectivity index (χ2n) is 5.87. The number of carbonyl (C=O) groups excluding carboxylic acids is 2. The lowest BCUT2D eigenvalue weighted by atomic mass is 10.2. The van der Waals surface area contributed by atoms with E-state index in [2.05, 4.69) is 15.3 Å². The van der Waals surface area contributed by atoms with Crippen LogP contribution >= 0.6 is 0 Å². The maximum absolute atomic E-state index is 12.2. The number of hydrogen-bond acceptors (Lipinski definition) is 5. The zero-order valence-electron chi connectivity index (χ0n) is 14.7. The lowest BCUT2D eigenvalue weighted by molar-refractivity contribution is -0.153. The number of benzene rings is 2. The molecule has 0 fully saturated rings. The molecule has 0 spiro atoms. The molecule has 0 bridgehead atoms. The van der Waals surface area contributed by atoms with E-state index in [0.717, 1.165) is 0 Å². The number of nitrogens with one attached hydrogen (secondary N) is 3. The van der Waals surface area contributed by atoms with E-state index < -0.39 is 18.0 Å². The Balaban J connectivity index is 1.47. The van der Waals surface area contributed by atoms with Crippen LogP contribution in [0.4, 0.5) is 5.69 Å². The van der Waals surface area contributed by atoms with Gasteiger partial charge in [-0.25, -0.2) is 4.79 Å². The molecule has 1 heterocycles. The minimum atomic E-state index is -0.963. The van der Waals surface area contributed by atoms with E-state index in [-0.39, 0.29) is 18.7 Å². The Labute approximate surface area is 154 Å². The molecule has 1 aromatic heterocycles. The Morgan fingerprint density at radius 1 is 1.07 bits per heavy atom. The Hall–Kier alpha value is -3.55. The second-order valence-corrected chi connectivity index (χ2v) is 5.87. The van der Waals surface area contributed by atoms with E-state index in [9.17, 15) is 14.4 Å². The number of ether oxygens (including phenoxy) is 2. The quantitative estimate of drug-likeness (QED) is 0.553. The van der Waals surface area contributed by atoms with Gasteiger partial charge >= 0.3 is 11.7 Å². The fraction of sp³-hybridized carbons (Fsp3) is 0.211. The Morgan fingerprint density at radius 3 is 2.59 bits per heavy atom. The number of hydrogen-bond donors (Lipinski definition) is 3. The summed E-state index contributed by atoms with van der Waals surface area (Å²) < 4.78 is 10.5. The molecule has 2 aromatic carbocycles. The minimum Gasteiger partial charge on any atom is -0.493 e. The number of aromatic amines is 2. The smallest absolute Gasteiger partial charge is 0.323 e. The molecular weight excluding hydrogens is 350 g/mol. The number of imidazole rings is 1. The molecule has 0 saturated carbocycles. The molecule has 0 saturated heterocycles. The number of fused-ring (bicyclic) bond motifs is 1. The summed E-state index contributed by atoms with van der Waals surface area (Å²) in [5.41, 5.74) is 1.36. The van der Waals surface area contributed by atoms with Crippen molar-refractivity contribution in [3.8, 4) is 5.75 Å². The van der Waals surface area contributed by atoms with Gasteiger partial charge in [-0.15, -0.1) is 0 Å². The summed E-state index contributed by atoms with van der Waals surface area (Å²) >= 11 is 0. The highest BCUT2D eigenvalue weighted by atomic mass is 16.5. The topological polar surface area (TPSA) is 113 Å². The van der Waals surface area contributed by atoms with Crippen molar-refractivity contribution >= 4 is 28.6 Å². The Morgan fingerprint density at radius 2 is 1.81 bits per heavy atom. The number of anilines is 1. The molecule has 140 valence electrons. The van der Waals surface area contributed by atoms with E-state index >= 15 is 0 Å². The molecule has 8 nitrogen and oxygen atoms in total. The van der Waals surface area contributed by atoms with Gasteiger partial charge in [0, 0.05) is 5.69 Å². The first-order valence-corrected chi connectivity index (χ1v) is 8.41. The molecule has 1 amide bonds. The van der Waals surface area contributed by atoms with E-state index in [1.807, 2.05) is 18.2 Å². The first kappa shape index (κ1) is 18.2. The van der Waals surface area contributed by atoms with E-state index in [1.54, 1.807) is 30.3 Å². The van der Waals surface area contributed by atoms with Gasteiger partial charge in [0.05, 0.1) is 24.1 Å². The van der Waals surface area contributed by atoms with Crippen molar-refractivity contribution in [1.82, 2.24) is 9.97 Å². The van der Waals surface area contributed by atoms with Crippen LogP contribution in [-0.4, -0.2) is 34.6 Å². The van der Waals surface area contributed by atoms with Crippen LogP contribution in [0, 0.1) is 0 Å². The molecule has 0 unspecified atom stereocenters. The summed E-state index contributed by atoms with van der Waals surface area (Å²) in [6.07, 6.45) is -0.932. The van der Waals surface area contributed by atoms with Gasteiger partial charge in [-0.05, 0) is 37.3 Å². The molecule has 27 heavy (non-hydrogen) atoms. The molecule has 1 atom stereocenters. The Bertz CT molecular complexity index is 993. The molecule has 3 N–H and O–H groups in total. The van der Waals surface area contributed by atoms with Crippen LogP contribution in [-0.2, 0) is 14.3 Å². The normalized spacial score (nSPS) is 11.7. The fourth-order valence-electron chi connectivity index (χ4n) is 2.43. The SMILES string of the molecule is C[C@H](OC(=O)CCOc1ccccc1)C(=O)Nc1ccc2[nH]c(=O)[nH]c2c1. The number of amides is 1. The van der Waals surface area contributed by atoms with Gasteiger partial charge in [0.25, 0.3) is 5.91 Å². The molecule has 0 aliphatic heterocycles. The van der Waals surface area contributed by atoms with E-state index in [1.165, 1.54) is 6.92 Å². The van der Waals surface area contributed by atoms with Crippen LogP contribution in [0.5, 0.6) is 5.75 Å². The maximum atomic E-state index is 12.2. The number of H-pyrrole nitrogens is 2. The van der Waals surface area contributed by atoms with Crippen molar-refractivity contribution in [2.75, 3.05) is 11.9 Å². The summed E-state index contributed by atoms with van der Waals surface area (Å²) in [6, 6.07) is 14.0. The van der Waals surface area contributed by atoms with Gasteiger partial charge in [-0.2, -0.15) is 0 Å². The standard InChI is InChI=1S/C19H19N3O5/c1-12(27-17(23)9-10-26-14-5-3-2-4-6-14)18(24)20-13-7-8-15-16(11-13)22-19(25)21-15/h2-8,11-12H,9-10H2,1H3,(H,20,24)(H2,21,22,25)/t12-/m0/s1. The summed E-state index contributed by atoms with van der Waals surface area (Å²) in [6.45, 7) is 1.65. The molecule has 0 aliphatic rings. The first-order valence-electron chi connectivity index (χ1n) is 8.41. The second kappa shape index (κ2) is 8.22. The third-order valence-electron chi connectivity index (χ3n) is 3.78. The molecule has 3 aromatic rings. The number of esters is 1. The summed E-state index contributed by atoms with van der Waals surface area (Å²) in [5, 5.41) is 2.65. The van der Waals surface area contributed by atoms with Gasteiger partial charge in [0.1, 0.15) is 5.75 Å². The Kier molecular flexibility index (Phi) is 5.55. The lowest BCUT2D eigenvalue weighted by Crippen LogP contribution is -2.30. The predicted molar refractivity (Wildman–Crippen MR) is 99.7 cm³/mol. The lowest BCUT2D eigenvalue weighted by Gasteiger charge is -2.14. The van der Waals surface area contributed by atoms with Crippen molar-refractivity contribution in [3.05, 3.63) is 59.0 Å². The van der Waals surface area contributed by atoms with Crippen molar-refractivity contribution in [3.63, 3.8) is 0 Å². The fourth-order valence-corrected chi connectivity index (χ4v) is 2.43. The van der Waals surface area contributed by atoms with Gasteiger partial charge in [0.2, 0.25) is 0 Å².